The van der Waals surface area contributed by atoms with Crippen molar-refractivity contribution in [2.24, 2.45) is 0 Å². The topological polar surface area (TPSA) is 73.8 Å². The standard InChI is InChI=1S/C21H17FN4O2/c1-13-3-4-16(11-14(13)2)18-9-10-20(27)26(24-18)12-19-23-21(25-28-19)15-5-7-17(22)8-6-15/h3-11H,12H2,1-2H3. The van der Waals surface area contributed by atoms with Crippen LogP contribution in [0.1, 0.15) is 17.0 Å². The molecule has 0 aliphatic carbocycles. The van der Waals surface area contributed by atoms with E-state index in [2.05, 4.69) is 15.2 Å². The van der Waals surface area contributed by atoms with Gasteiger partial charge < -0.3 is 4.52 Å². The molecule has 140 valence electrons. The van der Waals surface area contributed by atoms with E-state index in [9.17, 15) is 9.18 Å². The van der Waals surface area contributed by atoms with Gasteiger partial charge in [-0.15, -0.1) is 0 Å². The van der Waals surface area contributed by atoms with Crippen molar-refractivity contribution in [2.75, 3.05) is 0 Å². The predicted octanol–water partition coefficient (Wildman–Crippen LogP) is 3.76. The molecule has 0 aliphatic heterocycles. The normalized spacial score (nSPS) is 11.0. The molecule has 0 fully saturated rings. The number of aryl methyl sites for hydroxylation is 2. The van der Waals surface area contributed by atoms with Crippen LogP contribution < -0.4 is 5.56 Å². The van der Waals surface area contributed by atoms with Gasteiger partial charge in [-0.1, -0.05) is 17.3 Å². The van der Waals surface area contributed by atoms with Crippen LogP contribution in [-0.2, 0) is 6.54 Å². The van der Waals surface area contributed by atoms with E-state index in [0.29, 0.717) is 17.1 Å². The maximum absolute atomic E-state index is 13.1. The van der Waals surface area contributed by atoms with Crippen LogP contribution in [0.3, 0.4) is 0 Å². The van der Waals surface area contributed by atoms with Crippen LogP contribution in [0.25, 0.3) is 22.6 Å². The zero-order valence-corrected chi connectivity index (χ0v) is 15.4. The maximum atomic E-state index is 13.1. The number of benzene rings is 2. The second-order valence-corrected chi connectivity index (χ2v) is 6.53. The van der Waals surface area contributed by atoms with E-state index in [1.165, 1.54) is 28.4 Å². The van der Waals surface area contributed by atoms with Crippen LogP contribution in [-0.4, -0.2) is 19.9 Å². The molecular formula is C21H17FN4O2. The number of rotatable bonds is 4. The first-order chi connectivity index (χ1) is 13.5. The fourth-order valence-electron chi connectivity index (χ4n) is 2.78. The molecule has 4 rings (SSSR count). The van der Waals surface area contributed by atoms with Gasteiger partial charge in [-0.25, -0.2) is 9.07 Å². The summed E-state index contributed by atoms with van der Waals surface area (Å²) in [6.45, 7) is 4.12. The summed E-state index contributed by atoms with van der Waals surface area (Å²) in [6.07, 6.45) is 0. The third kappa shape index (κ3) is 3.59. The Labute approximate surface area is 160 Å². The summed E-state index contributed by atoms with van der Waals surface area (Å²) in [7, 11) is 0. The van der Waals surface area contributed by atoms with Gasteiger partial charge in [0.05, 0.1) is 5.69 Å². The maximum Gasteiger partial charge on any atom is 0.267 e. The molecule has 2 aromatic carbocycles. The van der Waals surface area contributed by atoms with Gasteiger partial charge in [0.1, 0.15) is 12.4 Å². The van der Waals surface area contributed by atoms with E-state index in [-0.39, 0.29) is 23.8 Å². The third-order valence-corrected chi connectivity index (χ3v) is 4.52. The highest BCUT2D eigenvalue weighted by atomic mass is 19.1. The number of hydrogen-bond donors (Lipinski definition) is 0. The molecular weight excluding hydrogens is 359 g/mol. The molecule has 4 aromatic rings. The molecule has 0 aliphatic rings. The first kappa shape index (κ1) is 17.8. The summed E-state index contributed by atoms with van der Waals surface area (Å²) in [5.41, 5.74) is 4.30. The molecule has 0 spiro atoms. The molecule has 0 radical (unpaired) electrons. The fraction of sp³-hybridized carbons (Fsp3) is 0.143. The largest absolute Gasteiger partial charge is 0.337 e. The van der Waals surface area contributed by atoms with Gasteiger partial charge >= 0.3 is 0 Å². The molecule has 0 N–H and O–H groups in total. The quantitative estimate of drug-likeness (QED) is 0.542. The summed E-state index contributed by atoms with van der Waals surface area (Å²) in [6, 6.07) is 15.0. The van der Waals surface area contributed by atoms with Gasteiger partial charge in [-0.3, -0.25) is 4.79 Å². The lowest BCUT2D eigenvalue weighted by Crippen LogP contribution is -2.23. The van der Waals surface area contributed by atoms with Crippen molar-refractivity contribution in [3.63, 3.8) is 0 Å². The fourth-order valence-corrected chi connectivity index (χ4v) is 2.78. The smallest absolute Gasteiger partial charge is 0.267 e. The number of halogens is 1. The van der Waals surface area contributed by atoms with Crippen molar-refractivity contribution in [1.82, 2.24) is 19.9 Å². The van der Waals surface area contributed by atoms with Gasteiger partial charge in [0.25, 0.3) is 5.56 Å². The molecule has 0 saturated heterocycles. The molecule has 2 aromatic heterocycles. The minimum absolute atomic E-state index is 0.0473. The van der Waals surface area contributed by atoms with Crippen LogP contribution >= 0.6 is 0 Å². The Bertz CT molecular complexity index is 1200. The molecule has 0 bridgehead atoms. The summed E-state index contributed by atoms with van der Waals surface area (Å²) in [4.78, 5) is 16.5. The lowest BCUT2D eigenvalue weighted by molar-refractivity contribution is 0.363. The molecule has 0 atom stereocenters. The van der Waals surface area contributed by atoms with Crippen LogP contribution in [0.5, 0.6) is 0 Å². The highest BCUT2D eigenvalue weighted by Gasteiger charge is 2.12. The lowest BCUT2D eigenvalue weighted by atomic mass is 10.0. The molecule has 2 heterocycles. The zero-order valence-electron chi connectivity index (χ0n) is 15.4. The lowest BCUT2D eigenvalue weighted by Gasteiger charge is -2.07. The van der Waals surface area contributed by atoms with Crippen molar-refractivity contribution >= 4 is 0 Å². The van der Waals surface area contributed by atoms with E-state index in [4.69, 9.17) is 4.52 Å². The highest BCUT2D eigenvalue weighted by Crippen LogP contribution is 2.20. The summed E-state index contributed by atoms with van der Waals surface area (Å²) >= 11 is 0. The Morgan fingerprint density at radius 2 is 1.71 bits per heavy atom. The minimum Gasteiger partial charge on any atom is -0.337 e. The molecule has 7 heteroatoms. The number of aromatic nitrogens is 4. The van der Waals surface area contributed by atoms with Crippen molar-refractivity contribution in [2.45, 2.75) is 20.4 Å². The monoisotopic (exact) mass is 376 g/mol. The minimum atomic E-state index is -0.341. The van der Waals surface area contributed by atoms with Crippen LogP contribution in [0.15, 0.2) is 63.9 Å². The molecule has 0 unspecified atom stereocenters. The second kappa shape index (κ2) is 7.19. The van der Waals surface area contributed by atoms with Gasteiger partial charge in [-0.2, -0.15) is 10.1 Å². The van der Waals surface area contributed by atoms with E-state index < -0.39 is 0 Å². The summed E-state index contributed by atoms with van der Waals surface area (Å²) < 4.78 is 19.6. The van der Waals surface area contributed by atoms with E-state index in [0.717, 1.165) is 11.1 Å². The SMILES string of the molecule is Cc1ccc(-c2ccc(=O)n(Cc3nc(-c4ccc(F)cc4)no3)n2)cc1C. The van der Waals surface area contributed by atoms with Crippen molar-refractivity contribution in [3.05, 3.63) is 87.8 Å². The average Bonchev–Trinajstić information content (AvgIpc) is 3.15. The Balaban J connectivity index is 1.62. The summed E-state index contributed by atoms with van der Waals surface area (Å²) in [5.74, 6) is 0.228. The van der Waals surface area contributed by atoms with Crippen LogP contribution in [0.4, 0.5) is 4.39 Å². The first-order valence-corrected chi connectivity index (χ1v) is 8.74. The summed E-state index contributed by atoms with van der Waals surface area (Å²) in [5, 5.41) is 8.32. The molecule has 6 nitrogen and oxygen atoms in total. The zero-order chi connectivity index (χ0) is 19.7. The van der Waals surface area contributed by atoms with Gasteiger partial charge in [0, 0.05) is 17.2 Å². The second-order valence-electron chi connectivity index (χ2n) is 6.53. The van der Waals surface area contributed by atoms with Crippen LogP contribution in [0, 0.1) is 19.7 Å². The Morgan fingerprint density at radius 3 is 2.46 bits per heavy atom. The van der Waals surface area contributed by atoms with Crippen molar-refractivity contribution in [1.29, 1.82) is 0 Å². The van der Waals surface area contributed by atoms with Crippen LogP contribution in [0.2, 0.25) is 0 Å². The number of nitrogens with zero attached hydrogens (tertiary/aromatic N) is 4. The highest BCUT2D eigenvalue weighted by molar-refractivity contribution is 5.60. The Hall–Kier alpha value is -3.61. The van der Waals surface area contributed by atoms with Gasteiger partial charge in [0.15, 0.2) is 0 Å². The Morgan fingerprint density at radius 1 is 0.964 bits per heavy atom. The van der Waals surface area contributed by atoms with E-state index >= 15 is 0 Å². The average molecular weight is 376 g/mol. The predicted molar refractivity (Wildman–Crippen MR) is 102 cm³/mol. The van der Waals surface area contributed by atoms with Gasteiger partial charge in [0.2, 0.25) is 11.7 Å². The van der Waals surface area contributed by atoms with E-state index in [1.807, 2.05) is 32.0 Å². The van der Waals surface area contributed by atoms with Gasteiger partial charge in [-0.05, 0) is 61.4 Å². The van der Waals surface area contributed by atoms with Crippen molar-refractivity contribution in [3.8, 4) is 22.6 Å². The van der Waals surface area contributed by atoms with Crippen molar-refractivity contribution < 1.29 is 8.91 Å². The first-order valence-electron chi connectivity index (χ1n) is 8.74. The molecule has 0 amide bonds. The number of hydrogen-bond acceptors (Lipinski definition) is 5. The Kier molecular flexibility index (Phi) is 4.57. The molecule has 28 heavy (non-hydrogen) atoms. The molecule has 0 saturated carbocycles. The van der Waals surface area contributed by atoms with E-state index in [1.54, 1.807) is 18.2 Å². The third-order valence-electron chi connectivity index (χ3n) is 4.52.